The second-order valence-corrected chi connectivity index (χ2v) is 7.60. The Morgan fingerprint density at radius 3 is 2.37 bits per heavy atom. The molecule has 30 heavy (non-hydrogen) atoms. The average Bonchev–Trinajstić information content (AvgIpc) is 2.75. The van der Waals surface area contributed by atoms with Crippen molar-refractivity contribution < 1.29 is 14.3 Å². The van der Waals surface area contributed by atoms with Crippen LogP contribution in [0, 0.1) is 0 Å². The Balaban J connectivity index is 1.65. The summed E-state index contributed by atoms with van der Waals surface area (Å²) >= 11 is 5.31. The largest absolute Gasteiger partial charge is 0.493 e. The summed E-state index contributed by atoms with van der Waals surface area (Å²) in [5, 5.41) is 8.87. The zero-order chi connectivity index (χ0) is 21.3. The molecule has 0 aliphatic heterocycles. The Kier molecular flexibility index (Phi) is 7.79. The van der Waals surface area contributed by atoms with Crippen LogP contribution in [0.15, 0.2) is 48.5 Å². The first-order valence-electron chi connectivity index (χ1n) is 10.3. The van der Waals surface area contributed by atoms with Crippen LogP contribution in [0.4, 0.5) is 5.69 Å². The summed E-state index contributed by atoms with van der Waals surface area (Å²) in [6, 6.07) is 14.3. The van der Waals surface area contributed by atoms with Gasteiger partial charge in [0.15, 0.2) is 5.11 Å². The summed E-state index contributed by atoms with van der Waals surface area (Å²) in [5.74, 6) is -0.0194. The topological polar surface area (TPSA) is 79.5 Å². The van der Waals surface area contributed by atoms with Crippen LogP contribution in [0.25, 0.3) is 0 Å². The highest BCUT2D eigenvalue weighted by Gasteiger charge is 2.19. The number of carbonyl (C=O) groups is 2. The molecule has 1 fully saturated rings. The van der Waals surface area contributed by atoms with Crippen molar-refractivity contribution in [3.63, 3.8) is 0 Å². The predicted molar refractivity (Wildman–Crippen MR) is 122 cm³/mol. The number of rotatable bonds is 6. The van der Waals surface area contributed by atoms with Crippen LogP contribution >= 0.6 is 12.2 Å². The van der Waals surface area contributed by atoms with E-state index in [1.807, 2.05) is 13.0 Å². The van der Waals surface area contributed by atoms with Gasteiger partial charge in [0, 0.05) is 6.04 Å². The Morgan fingerprint density at radius 2 is 1.63 bits per heavy atom. The smallest absolute Gasteiger partial charge is 0.261 e. The van der Waals surface area contributed by atoms with E-state index in [4.69, 9.17) is 17.0 Å². The second kappa shape index (κ2) is 10.7. The fraction of sp³-hybridized carbons (Fsp3) is 0.348. The molecule has 0 spiro atoms. The third-order valence-corrected chi connectivity index (χ3v) is 5.22. The van der Waals surface area contributed by atoms with E-state index in [0.717, 1.165) is 25.7 Å². The predicted octanol–water partition coefficient (Wildman–Crippen LogP) is 4.27. The van der Waals surface area contributed by atoms with Gasteiger partial charge in [-0.15, -0.1) is 0 Å². The summed E-state index contributed by atoms with van der Waals surface area (Å²) in [7, 11) is 0. The molecule has 1 saturated carbocycles. The molecule has 158 valence electrons. The lowest BCUT2D eigenvalue weighted by Gasteiger charge is -2.23. The van der Waals surface area contributed by atoms with Crippen LogP contribution in [-0.4, -0.2) is 29.6 Å². The highest BCUT2D eigenvalue weighted by Crippen LogP contribution is 2.21. The van der Waals surface area contributed by atoms with E-state index in [2.05, 4.69) is 16.0 Å². The number of hydrogen-bond donors (Lipinski definition) is 3. The number of thiocarbonyl (C=S) groups is 1. The molecule has 1 aliphatic rings. The van der Waals surface area contributed by atoms with Crippen LogP contribution in [-0.2, 0) is 0 Å². The van der Waals surface area contributed by atoms with Crippen molar-refractivity contribution in [1.82, 2.24) is 10.6 Å². The summed E-state index contributed by atoms with van der Waals surface area (Å²) in [4.78, 5) is 25.4. The van der Waals surface area contributed by atoms with E-state index in [9.17, 15) is 9.59 Å². The lowest BCUT2D eigenvalue weighted by atomic mass is 9.95. The van der Waals surface area contributed by atoms with E-state index in [-0.39, 0.29) is 23.0 Å². The van der Waals surface area contributed by atoms with Crippen molar-refractivity contribution in [3.05, 3.63) is 59.7 Å². The van der Waals surface area contributed by atoms with Gasteiger partial charge in [0.05, 0.1) is 23.4 Å². The molecular weight excluding hydrogens is 398 g/mol. The fourth-order valence-corrected chi connectivity index (χ4v) is 3.76. The number of benzene rings is 2. The van der Waals surface area contributed by atoms with Crippen LogP contribution in [0.3, 0.4) is 0 Å². The lowest BCUT2D eigenvalue weighted by molar-refractivity contribution is 0.0927. The first-order chi connectivity index (χ1) is 14.6. The first-order valence-corrected chi connectivity index (χ1v) is 10.7. The molecule has 0 saturated heterocycles. The van der Waals surface area contributed by atoms with Gasteiger partial charge in [-0.25, -0.2) is 0 Å². The molecule has 0 atom stereocenters. The second-order valence-electron chi connectivity index (χ2n) is 7.19. The molecule has 3 N–H and O–H groups in total. The van der Waals surface area contributed by atoms with E-state index < -0.39 is 0 Å². The molecule has 3 rings (SSSR count). The molecule has 6 nitrogen and oxygen atoms in total. The minimum Gasteiger partial charge on any atom is -0.493 e. The molecule has 0 heterocycles. The minimum absolute atomic E-state index is 0.115. The van der Waals surface area contributed by atoms with Gasteiger partial charge < -0.3 is 15.4 Å². The molecular formula is C23H27N3O3S. The zero-order valence-electron chi connectivity index (χ0n) is 17.1. The van der Waals surface area contributed by atoms with Crippen molar-refractivity contribution in [2.75, 3.05) is 11.9 Å². The summed E-state index contributed by atoms with van der Waals surface area (Å²) in [5.41, 5.74) is 1.44. The number of para-hydroxylation sites is 2. The van der Waals surface area contributed by atoms with Crippen molar-refractivity contribution in [2.45, 2.75) is 45.1 Å². The third kappa shape index (κ3) is 5.79. The Morgan fingerprint density at radius 1 is 0.967 bits per heavy atom. The molecule has 0 aromatic heterocycles. The van der Waals surface area contributed by atoms with Crippen molar-refractivity contribution >= 4 is 34.8 Å². The molecule has 2 amide bonds. The third-order valence-electron chi connectivity index (χ3n) is 5.02. The molecule has 2 aromatic carbocycles. The van der Waals surface area contributed by atoms with Gasteiger partial charge in [-0.05, 0) is 56.2 Å². The molecule has 0 radical (unpaired) electrons. The zero-order valence-corrected chi connectivity index (χ0v) is 17.9. The van der Waals surface area contributed by atoms with Crippen LogP contribution in [0.5, 0.6) is 5.75 Å². The van der Waals surface area contributed by atoms with Gasteiger partial charge in [0.25, 0.3) is 11.8 Å². The SMILES string of the molecule is CCOc1ccccc1C(=O)NC(=S)Nc1ccccc1C(=O)NC1CCCCC1. The normalized spacial score (nSPS) is 13.9. The van der Waals surface area contributed by atoms with Crippen LogP contribution in [0.1, 0.15) is 59.7 Å². The van der Waals surface area contributed by atoms with Crippen molar-refractivity contribution in [1.29, 1.82) is 0 Å². The number of amides is 2. The number of ether oxygens (including phenoxy) is 1. The Bertz CT molecular complexity index is 910. The Hall–Kier alpha value is -2.93. The number of nitrogens with one attached hydrogen (secondary N) is 3. The van der Waals surface area contributed by atoms with E-state index in [1.165, 1.54) is 6.42 Å². The summed E-state index contributed by atoms with van der Waals surface area (Å²) in [6.07, 6.45) is 5.53. The van der Waals surface area contributed by atoms with E-state index in [1.54, 1.807) is 42.5 Å². The molecule has 0 unspecified atom stereocenters. The quantitative estimate of drug-likeness (QED) is 0.602. The van der Waals surface area contributed by atoms with Gasteiger partial charge in [0.2, 0.25) is 0 Å². The summed E-state index contributed by atoms with van der Waals surface area (Å²) in [6.45, 7) is 2.31. The van der Waals surface area contributed by atoms with E-state index >= 15 is 0 Å². The lowest BCUT2D eigenvalue weighted by Crippen LogP contribution is -2.37. The van der Waals surface area contributed by atoms with Gasteiger partial charge in [-0.2, -0.15) is 0 Å². The summed E-state index contributed by atoms with van der Waals surface area (Å²) < 4.78 is 5.50. The Labute approximate surface area is 182 Å². The molecule has 0 bridgehead atoms. The monoisotopic (exact) mass is 425 g/mol. The van der Waals surface area contributed by atoms with Gasteiger partial charge in [-0.3, -0.25) is 14.9 Å². The fourth-order valence-electron chi connectivity index (χ4n) is 3.56. The minimum atomic E-state index is -0.374. The highest BCUT2D eigenvalue weighted by molar-refractivity contribution is 7.80. The van der Waals surface area contributed by atoms with E-state index in [0.29, 0.717) is 29.2 Å². The molecule has 1 aliphatic carbocycles. The van der Waals surface area contributed by atoms with Crippen LogP contribution < -0.4 is 20.7 Å². The average molecular weight is 426 g/mol. The van der Waals surface area contributed by atoms with Crippen molar-refractivity contribution in [3.8, 4) is 5.75 Å². The maximum atomic E-state index is 12.8. The first kappa shape index (κ1) is 21.8. The highest BCUT2D eigenvalue weighted by atomic mass is 32.1. The standard InChI is InChI=1S/C23H27N3O3S/c1-2-29-20-15-9-7-13-18(20)22(28)26-23(30)25-19-14-8-6-12-17(19)21(27)24-16-10-4-3-5-11-16/h6-9,12-16H,2-5,10-11H2,1H3,(H,24,27)(H2,25,26,28,30). The molecule has 2 aromatic rings. The van der Waals surface area contributed by atoms with Gasteiger partial charge in [-0.1, -0.05) is 43.5 Å². The molecule has 7 heteroatoms. The van der Waals surface area contributed by atoms with Crippen LogP contribution in [0.2, 0.25) is 0 Å². The maximum Gasteiger partial charge on any atom is 0.261 e. The van der Waals surface area contributed by atoms with Gasteiger partial charge in [0.1, 0.15) is 5.75 Å². The number of carbonyl (C=O) groups excluding carboxylic acids is 2. The van der Waals surface area contributed by atoms with Gasteiger partial charge >= 0.3 is 0 Å². The number of hydrogen-bond acceptors (Lipinski definition) is 4. The maximum absolute atomic E-state index is 12.8. The van der Waals surface area contributed by atoms with Crippen molar-refractivity contribution in [2.24, 2.45) is 0 Å². The number of anilines is 1.